The summed E-state index contributed by atoms with van der Waals surface area (Å²) >= 11 is 5.98. The molecule has 0 amide bonds. The Morgan fingerprint density at radius 2 is 2.26 bits per heavy atom. The standard InChI is InChI=1S/C13H16ClN3O2/c1-3-12(18)11-8-17(16-15-11)7-9-6-10(14)4-5-13(9)19-2/h4-6,8,12,18H,3,7H2,1-2H3. The summed E-state index contributed by atoms with van der Waals surface area (Å²) in [6.45, 7) is 2.39. The summed E-state index contributed by atoms with van der Waals surface area (Å²) in [7, 11) is 1.61. The van der Waals surface area contributed by atoms with Gasteiger partial charge in [0, 0.05) is 10.6 Å². The second kappa shape index (κ2) is 6.04. The molecule has 0 fully saturated rings. The van der Waals surface area contributed by atoms with Crippen LogP contribution in [0.15, 0.2) is 24.4 Å². The summed E-state index contributed by atoms with van der Waals surface area (Å²) in [6.07, 6.45) is 1.77. The van der Waals surface area contributed by atoms with Gasteiger partial charge in [-0.3, -0.25) is 0 Å². The Morgan fingerprint density at radius 1 is 1.47 bits per heavy atom. The molecule has 0 spiro atoms. The lowest BCUT2D eigenvalue weighted by molar-refractivity contribution is 0.168. The molecule has 0 aliphatic rings. The minimum atomic E-state index is -0.574. The molecule has 2 aromatic rings. The number of hydrogen-bond acceptors (Lipinski definition) is 4. The minimum absolute atomic E-state index is 0.493. The first kappa shape index (κ1) is 13.8. The molecule has 1 aromatic heterocycles. The Kier molecular flexibility index (Phi) is 4.39. The van der Waals surface area contributed by atoms with Gasteiger partial charge in [0.05, 0.1) is 26.0 Å². The fourth-order valence-corrected chi connectivity index (χ4v) is 1.99. The average molecular weight is 282 g/mol. The molecule has 1 aromatic carbocycles. The molecule has 0 saturated carbocycles. The fourth-order valence-electron chi connectivity index (χ4n) is 1.80. The predicted molar refractivity (Wildman–Crippen MR) is 72.4 cm³/mol. The smallest absolute Gasteiger partial charge is 0.124 e. The van der Waals surface area contributed by atoms with Crippen molar-refractivity contribution < 1.29 is 9.84 Å². The third-order valence-electron chi connectivity index (χ3n) is 2.86. The Balaban J connectivity index is 2.21. The van der Waals surface area contributed by atoms with Gasteiger partial charge in [0.1, 0.15) is 11.4 Å². The molecular formula is C13H16ClN3O2. The molecule has 1 heterocycles. The highest BCUT2D eigenvalue weighted by atomic mass is 35.5. The normalized spacial score (nSPS) is 12.4. The van der Waals surface area contributed by atoms with E-state index >= 15 is 0 Å². The van der Waals surface area contributed by atoms with Crippen molar-refractivity contribution in [2.75, 3.05) is 7.11 Å². The van der Waals surface area contributed by atoms with E-state index in [9.17, 15) is 5.11 Å². The van der Waals surface area contributed by atoms with Crippen molar-refractivity contribution in [2.45, 2.75) is 26.0 Å². The number of aromatic nitrogens is 3. The van der Waals surface area contributed by atoms with Gasteiger partial charge in [-0.1, -0.05) is 23.7 Å². The maximum atomic E-state index is 9.69. The van der Waals surface area contributed by atoms with Gasteiger partial charge in [-0.15, -0.1) is 5.10 Å². The summed E-state index contributed by atoms with van der Waals surface area (Å²) in [4.78, 5) is 0. The Morgan fingerprint density at radius 3 is 2.95 bits per heavy atom. The van der Waals surface area contributed by atoms with Crippen LogP contribution in [0.5, 0.6) is 5.75 Å². The Labute approximate surface area is 116 Å². The van der Waals surface area contributed by atoms with E-state index in [1.54, 1.807) is 24.1 Å². The van der Waals surface area contributed by atoms with Crippen molar-refractivity contribution in [3.63, 3.8) is 0 Å². The highest BCUT2D eigenvalue weighted by Gasteiger charge is 2.11. The topological polar surface area (TPSA) is 60.2 Å². The van der Waals surface area contributed by atoms with E-state index < -0.39 is 6.10 Å². The maximum absolute atomic E-state index is 9.69. The second-order valence-electron chi connectivity index (χ2n) is 4.22. The van der Waals surface area contributed by atoms with E-state index in [1.165, 1.54) is 0 Å². The van der Waals surface area contributed by atoms with Crippen LogP contribution in [0.3, 0.4) is 0 Å². The van der Waals surface area contributed by atoms with Crippen LogP contribution in [-0.2, 0) is 6.54 Å². The van der Waals surface area contributed by atoms with E-state index in [1.807, 2.05) is 19.1 Å². The first-order chi connectivity index (χ1) is 9.13. The summed E-state index contributed by atoms with van der Waals surface area (Å²) in [6, 6.07) is 5.42. The van der Waals surface area contributed by atoms with Crippen molar-refractivity contribution in [1.82, 2.24) is 15.0 Å². The van der Waals surface area contributed by atoms with Crippen LogP contribution in [0.4, 0.5) is 0 Å². The van der Waals surface area contributed by atoms with Crippen molar-refractivity contribution >= 4 is 11.6 Å². The highest BCUT2D eigenvalue weighted by Crippen LogP contribution is 2.23. The number of aliphatic hydroxyl groups is 1. The monoisotopic (exact) mass is 281 g/mol. The molecule has 1 atom stereocenters. The number of hydrogen-bond donors (Lipinski definition) is 1. The third-order valence-corrected chi connectivity index (χ3v) is 3.09. The number of rotatable bonds is 5. The fraction of sp³-hybridized carbons (Fsp3) is 0.385. The van der Waals surface area contributed by atoms with Crippen molar-refractivity contribution in [2.24, 2.45) is 0 Å². The SMILES string of the molecule is CCC(O)c1cn(Cc2cc(Cl)ccc2OC)nn1. The molecule has 1 unspecified atom stereocenters. The van der Waals surface area contributed by atoms with Gasteiger partial charge in [-0.25, -0.2) is 4.68 Å². The van der Waals surface area contributed by atoms with Gasteiger partial charge in [0.2, 0.25) is 0 Å². The minimum Gasteiger partial charge on any atom is -0.496 e. The lowest BCUT2D eigenvalue weighted by Gasteiger charge is -2.08. The number of nitrogens with zero attached hydrogens (tertiary/aromatic N) is 3. The van der Waals surface area contributed by atoms with Crippen LogP contribution in [0.25, 0.3) is 0 Å². The van der Waals surface area contributed by atoms with Crippen LogP contribution in [-0.4, -0.2) is 27.2 Å². The largest absolute Gasteiger partial charge is 0.496 e. The first-order valence-corrected chi connectivity index (χ1v) is 6.42. The summed E-state index contributed by atoms with van der Waals surface area (Å²) < 4.78 is 6.93. The molecule has 0 bridgehead atoms. The molecule has 2 rings (SSSR count). The van der Waals surface area contributed by atoms with Gasteiger partial charge in [-0.2, -0.15) is 0 Å². The average Bonchev–Trinajstić information content (AvgIpc) is 2.86. The molecule has 0 aliphatic heterocycles. The van der Waals surface area contributed by atoms with E-state index in [0.29, 0.717) is 23.7 Å². The van der Waals surface area contributed by atoms with Crippen molar-refractivity contribution in [3.05, 3.63) is 40.7 Å². The van der Waals surface area contributed by atoms with Gasteiger partial charge < -0.3 is 9.84 Å². The molecule has 6 heteroatoms. The second-order valence-corrected chi connectivity index (χ2v) is 4.66. The zero-order valence-electron chi connectivity index (χ0n) is 10.9. The number of methoxy groups -OCH3 is 1. The summed E-state index contributed by atoms with van der Waals surface area (Å²) in [5.74, 6) is 0.748. The Bertz CT molecular complexity index is 557. The molecule has 0 radical (unpaired) electrons. The van der Waals surface area contributed by atoms with Crippen molar-refractivity contribution in [3.8, 4) is 5.75 Å². The van der Waals surface area contributed by atoms with Crippen molar-refractivity contribution in [1.29, 1.82) is 0 Å². The van der Waals surface area contributed by atoms with E-state index in [4.69, 9.17) is 16.3 Å². The summed E-state index contributed by atoms with van der Waals surface area (Å²) in [5.41, 5.74) is 1.49. The van der Waals surface area contributed by atoms with Gasteiger partial charge in [0.15, 0.2) is 0 Å². The predicted octanol–water partition coefficient (Wildman–Crippen LogP) is 2.43. The molecule has 19 heavy (non-hydrogen) atoms. The number of halogens is 1. The third kappa shape index (κ3) is 3.24. The maximum Gasteiger partial charge on any atom is 0.124 e. The lowest BCUT2D eigenvalue weighted by Crippen LogP contribution is -2.02. The number of benzene rings is 1. The zero-order chi connectivity index (χ0) is 13.8. The van der Waals surface area contributed by atoms with Crippen LogP contribution in [0.1, 0.15) is 30.7 Å². The van der Waals surface area contributed by atoms with Crippen LogP contribution >= 0.6 is 11.6 Å². The van der Waals surface area contributed by atoms with Gasteiger partial charge >= 0.3 is 0 Å². The molecule has 5 nitrogen and oxygen atoms in total. The molecule has 0 saturated heterocycles. The van der Waals surface area contributed by atoms with Crippen LogP contribution in [0, 0.1) is 0 Å². The molecular weight excluding hydrogens is 266 g/mol. The van der Waals surface area contributed by atoms with E-state index in [0.717, 1.165) is 11.3 Å². The Hall–Kier alpha value is -1.59. The van der Waals surface area contributed by atoms with Crippen LogP contribution in [0.2, 0.25) is 5.02 Å². The summed E-state index contributed by atoms with van der Waals surface area (Å²) in [5, 5.41) is 18.3. The van der Waals surface area contributed by atoms with Gasteiger partial charge in [-0.05, 0) is 24.6 Å². The van der Waals surface area contributed by atoms with E-state index in [2.05, 4.69) is 10.3 Å². The van der Waals surface area contributed by atoms with Crippen LogP contribution < -0.4 is 4.74 Å². The quantitative estimate of drug-likeness (QED) is 0.914. The highest BCUT2D eigenvalue weighted by molar-refractivity contribution is 6.30. The lowest BCUT2D eigenvalue weighted by atomic mass is 10.2. The number of aliphatic hydroxyl groups excluding tert-OH is 1. The first-order valence-electron chi connectivity index (χ1n) is 6.04. The zero-order valence-corrected chi connectivity index (χ0v) is 11.6. The number of ether oxygens (including phenoxy) is 1. The molecule has 1 N–H and O–H groups in total. The molecule has 102 valence electrons. The van der Waals surface area contributed by atoms with Gasteiger partial charge in [0.25, 0.3) is 0 Å². The van der Waals surface area contributed by atoms with E-state index in [-0.39, 0.29) is 0 Å². The molecule has 0 aliphatic carbocycles.